The number of benzene rings is 1. The lowest BCUT2D eigenvalue weighted by molar-refractivity contribution is 0.431. The average molecular weight is 224 g/mol. The molecule has 0 saturated heterocycles. The maximum absolute atomic E-state index is 5.89. The fourth-order valence-corrected chi connectivity index (χ4v) is 2.11. The molecule has 1 aromatic rings. The van der Waals surface area contributed by atoms with E-state index in [9.17, 15) is 0 Å². The van der Waals surface area contributed by atoms with Gasteiger partial charge in [0, 0.05) is 16.6 Å². The fraction of sp³-hybridized carbons (Fsp3) is 0.538. The molecule has 1 saturated carbocycles. The zero-order valence-corrected chi connectivity index (χ0v) is 10.1. The Labute approximate surface area is 96.8 Å². The fourth-order valence-electron chi connectivity index (χ4n) is 1.98. The molecule has 0 amide bonds. The van der Waals surface area contributed by atoms with E-state index in [0.29, 0.717) is 6.04 Å². The van der Waals surface area contributed by atoms with Gasteiger partial charge >= 0.3 is 0 Å². The Morgan fingerprint density at radius 1 is 1.33 bits per heavy atom. The summed E-state index contributed by atoms with van der Waals surface area (Å²) in [5, 5.41) is 4.53. The van der Waals surface area contributed by atoms with Crippen molar-refractivity contribution in [3.8, 4) is 0 Å². The molecule has 1 fully saturated rings. The molecule has 0 heterocycles. The SMILES string of the molecule is CCC(C)NC1(c2ccc(Cl)cc2)CC1. The summed E-state index contributed by atoms with van der Waals surface area (Å²) in [6.07, 6.45) is 3.67. The topological polar surface area (TPSA) is 12.0 Å². The molecule has 0 bridgehead atoms. The third-order valence-electron chi connectivity index (χ3n) is 3.28. The number of rotatable bonds is 4. The number of hydrogen-bond acceptors (Lipinski definition) is 1. The van der Waals surface area contributed by atoms with Gasteiger partial charge in [-0.1, -0.05) is 30.7 Å². The molecule has 82 valence electrons. The van der Waals surface area contributed by atoms with Crippen molar-refractivity contribution < 1.29 is 0 Å². The molecule has 1 aromatic carbocycles. The Kier molecular flexibility index (Phi) is 3.03. The van der Waals surface area contributed by atoms with E-state index in [1.165, 1.54) is 24.8 Å². The number of hydrogen-bond donors (Lipinski definition) is 1. The van der Waals surface area contributed by atoms with Crippen LogP contribution in [0.3, 0.4) is 0 Å². The maximum Gasteiger partial charge on any atom is 0.0438 e. The van der Waals surface area contributed by atoms with Crippen molar-refractivity contribution in [3.63, 3.8) is 0 Å². The molecule has 0 aliphatic heterocycles. The molecular weight excluding hydrogens is 206 g/mol. The highest BCUT2D eigenvalue weighted by Gasteiger charge is 2.44. The minimum absolute atomic E-state index is 0.250. The second kappa shape index (κ2) is 4.15. The van der Waals surface area contributed by atoms with E-state index in [1.807, 2.05) is 12.1 Å². The van der Waals surface area contributed by atoms with Gasteiger partial charge in [0.1, 0.15) is 0 Å². The smallest absolute Gasteiger partial charge is 0.0438 e. The van der Waals surface area contributed by atoms with E-state index in [0.717, 1.165) is 5.02 Å². The summed E-state index contributed by atoms with van der Waals surface area (Å²) < 4.78 is 0. The second-order valence-corrected chi connectivity index (χ2v) is 4.98. The quantitative estimate of drug-likeness (QED) is 0.821. The largest absolute Gasteiger partial charge is 0.305 e. The highest BCUT2D eigenvalue weighted by Crippen LogP contribution is 2.46. The van der Waals surface area contributed by atoms with Crippen LogP contribution in [0, 0.1) is 0 Å². The van der Waals surface area contributed by atoms with Gasteiger partial charge in [0.05, 0.1) is 0 Å². The lowest BCUT2D eigenvalue weighted by Crippen LogP contribution is -2.36. The van der Waals surface area contributed by atoms with Crippen LogP contribution in [0.2, 0.25) is 5.02 Å². The molecule has 1 aliphatic carbocycles. The first-order valence-corrected chi connectivity index (χ1v) is 6.08. The van der Waals surface area contributed by atoms with Gasteiger partial charge < -0.3 is 5.32 Å². The van der Waals surface area contributed by atoms with Crippen molar-refractivity contribution in [1.82, 2.24) is 5.32 Å². The number of nitrogens with one attached hydrogen (secondary N) is 1. The van der Waals surface area contributed by atoms with Crippen LogP contribution in [0.15, 0.2) is 24.3 Å². The Hall–Kier alpha value is -0.530. The molecule has 2 heteroatoms. The monoisotopic (exact) mass is 223 g/mol. The van der Waals surface area contributed by atoms with Gasteiger partial charge in [0.2, 0.25) is 0 Å². The summed E-state index contributed by atoms with van der Waals surface area (Å²) in [7, 11) is 0. The van der Waals surface area contributed by atoms with Crippen molar-refractivity contribution in [1.29, 1.82) is 0 Å². The molecule has 1 unspecified atom stereocenters. The first-order chi connectivity index (χ1) is 7.16. The van der Waals surface area contributed by atoms with Gasteiger partial charge in [-0.05, 0) is 43.9 Å². The van der Waals surface area contributed by atoms with Gasteiger partial charge in [0.25, 0.3) is 0 Å². The normalized spacial score (nSPS) is 19.9. The van der Waals surface area contributed by atoms with E-state index in [4.69, 9.17) is 11.6 Å². The van der Waals surface area contributed by atoms with Crippen molar-refractivity contribution >= 4 is 11.6 Å². The predicted molar refractivity (Wildman–Crippen MR) is 65.3 cm³/mol. The van der Waals surface area contributed by atoms with Gasteiger partial charge in [-0.3, -0.25) is 0 Å². The van der Waals surface area contributed by atoms with E-state index < -0.39 is 0 Å². The first kappa shape index (κ1) is 11.0. The van der Waals surface area contributed by atoms with Crippen LogP contribution in [0.5, 0.6) is 0 Å². The highest BCUT2D eigenvalue weighted by molar-refractivity contribution is 6.30. The minimum atomic E-state index is 0.250. The van der Waals surface area contributed by atoms with E-state index >= 15 is 0 Å². The van der Waals surface area contributed by atoms with E-state index in [1.54, 1.807) is 0 Å². The average Bonchev–Trinajstić information content (AvgIpc) is 3.00. The summed E-state index contributed by atoms with van der Waals surface area (Å²) in [6, 6.07) is 8.84. The maximum atomic E-state index is 5.89. The summed E-state index contributed by atoms with van der Waals surface area (Å²) in [6.45, 7) is 4.46. The van der Waals surface area contributed by atoms with Crippen molar-refractivity contribution in [3.05, 3.63) is 34.9 Å². The van der Waals surface area contributed by atoms with Crippen LogP contribution in [-0.2, 0) is 5.54 Å². The van der Waals surface area contributed by atoms with E-state index in [2.05, 4.69) is 31.3 Å². The minimum Gasteiger partial charge on any atom is -0.305 e. The van der Waals surface area contributed by atoms with Crippen LogP contribution in [0.25, 0.3) is 0 Å². The summed E-state index contributed by atoms with van der Waals surface area (Å²) in [5.74, 6) is 0. The lowest BCUT2D eigenvalue weighted by atomic mass is 10.0. The highest BCUT2D eigenvalue weighted by atomic mass is 35.5. The van der Waals surface area contributed by atoms with Gasteiger partial charge in [-0.2, -0.15) is 0 Å². The predicted octanol–water partition coefficient (Wildman–Crippen LogP) is 3.72. The van der Waals surface area contributed by atoms with E-state index in [-0.39, 0.29) is 5.54 Å². The summed E-state index contributed by atoms with van der Waals surface area (Å²) in [5.41, 5.74) is 1.63. The Morgan fingerprint density at radius 2 is 1.93 bits per heavy atom. The lowest BCUT2D eigenvalue weighted by Gasteiger charge is -2.22. The Balaban J connectivity index is 2.12. The van der Waals surface area contributed by atoms with Crippen molar-refractivity contribution in [2.45, 2.75) is 44.7 Å². The molecular formula is C13H18ClN. The van der Waals surface area contributed by atoms with Crippen LogP contribution >= 0.6 is 11.6 Å². The molecule has 15 heavy (non-hydrogen) atoms. The van der Waals surface area contributed by atoms with Gasteiger partial charge in [-0.15, -0.1) is 0 Å². The summed E-state index contributed by atoms with van der Waals surface area (Å²) in [4.78, 5) is 0. The first-order valence-electron chi connectivity index (χ1n) is 5.70. The molecule has 1 aliphatic rings. The second-order valence-electron chi connectivity index (χ2n) is 4.54. The molecule has 0 radical (unpaired) electrons. The molecule has 1 nitrogen and oxygen atoms in total. The molecule has 2 rings (SSSR count). The van der Waals surface area contributed by atoms with Crippen LogP contribution in [0.1, 0.15) is 38.7 Å². The molecule has 1 N–H and O–H groups in total. The van der Waals surface area contributed by atoms with Crippen molar-refractivity contribution in [2.24, 2.45) is 0 Å². The zero-order chi connectivity index (χ0) is 10.9. The zero-order valence-electron chi connectivity index (χ0n) is 9.39. The van der Waals surface area contributed by atoms with Crippen molar-refractivity contribution in [2.75, 3.05) is 0 Å². The van der Waals surface area contributed by atoms with Gasteiger partial charge in [-0.25, -0.2) is 0 Å². The standard InChI is InChI=1S/C13H18ClN/c1-3-10(2)15-13(8-9-13)11-4-6-12(14)7-5-11/h4-7,10,15H,3,8-9H2,1-2H3. The van der Waals surface area contributed by atoms with Crippen LogP contribution in [0.4, 0.5) is 0 Å². The molecule has 1 atom stereocenters. The number of halogens is 1. The van der Waals surface area contributed by atoms with Crippen LogP contribution < -0.4 is 5.32 Å². The van der Waals surface area contributed by atoms with Crippen LogP contribution in [-0.4, -0.2) is 6.04 Å². The Bertz CT molecular complexity index is 327. The third-order valence-corrected chi connectivity index (χ3v) is 3.53. The summed E-state index contributed by atoms with van der Waals surface area (Å²) >= 11 is 5.89. The third kappa shape index (κ3) is 2.35. The molecule has 0 aromatic heterocycles. The Morgan fingerprint density at radius 3 is 2.40 bits per heavy atom. The molecule has 0 spiro atoms. The van der Waals surface area contributed by atoms with Gasteiger partial charge in [0.15, 0.2) is 0 Å².